The molecule has 2 rings (SSSR count). The Balaban J connectivity index is 1.88. The first-order chi connectivity index (χ1) is 9.28. The molecule has 1 saturated carbocycles. The summed E-state index contributed by atoms with van der Waals surface area (Å²) in [7, 11) is 1.75. The Bertz CT molecular complexity index is 362. The van der Waals surface area contributed by atoms with Crippen molar-refractivity contribution in [3.8, 4) is 0 Å². The zero-order valence-electron chi connectivity index (χ0n) is 11.6. The van der Waals surface area contributed by atoms with E-state index in [0.29, 0.717) is 13.0 Å². The number of aliphatic hydroxyl groups excluding tert-OH is 1. The third-order valence-electron chi connectivity index (χ3n) is 4.31. The number of halogens is 3. The van der Waals surface area contributed by atoms with Gasteiger partial charge in [0.1, 0.15) is 6.54 Å². The third kappa shape index (κ3) is 3.63. The monoisotopic (exact) mass is 294 g/mol. The van der Waals surface area contributed by atoms with Crippen molar-refractivity contribution in [1.29, 1.82) is 0 Å². The Morgan fingerprint density at radius 1 is 1.35 bits per heavy atom. The van der Waals surface area contributed by atoms with Gasteiger partial charge in [-0.3, -0.25) is 9.69 Å². The highest BCUT2D eigenvalue weighted by atomic mass is 19.4. The zero-order chi connectivity index (χ0) is 14.9. The van der Waals surface area contributed by atoms with Crippen LogP contribution in [0, 0.1) is 5.92 Å². The summed E-state index contributed by atoms with van der Waals surface area (Å²) < 4.78 is 37.0. The molecule has 0 aromatic rings. The topological polar surface area (TPSA) is 43.8 Å². The minimum absolute atomic E-state index is 0.129. The van der Waals surface area contributed by atoms with Crippen LogP contribution in [0.3, 0.4) is 0 Å². The summed E-state index contributed by atoms with van der Waals surface area (Å²) in [4.78, 5) is 14.7. The maximum atomic E-state index is 12.3. The van der Waals surface area contributed by atoms with E-state index in [1.165, 1.54) is 0 Å². The Kier molecular flexibility index (Phi) is 4.59. The minimum atomic E-state index is -4.34. The molecule has 0 aromatic heterocycles. The average molecular weight is 294 g/mol. The largest absolute Gasteiger partial charge is 0.406 e. The lowest BCUT2D eigenvalue weighted by Crippen LogP contribution is -2.44. The van der Waals surface area contributed by atoms with E-state index in [0.717, 1.165) is 24.2 Å². The summed E-state index contributed by atoms with van der Waals surface area (Å²) in [6.07, 6.45) is -1.60. The Labute approximate surface area is 116 Å². The van der Waals surface area contributed by atoms with E-state index in [-0.39, 0.29) is 18.6 Å². The SMILES string of the molecule is CN(CC1CCCC1O)C1CCN(CC(F)(F)F)C1=O. The highest BCUT2D eigenvalue weighted by Gasteiger charge is 2.41. The maximum absolute atomic E-state index is 12.3. The molecule has 0 radical (unpaired) electrons. The summed E-state index contributed by atoms with van der Waals surface area (Å²) in [6.45, 7) is -0.444. The first-order valence-corrected chi connectivity index (χ1v) is 7.02. The summed E-state index contributed by atoms with van der Waals surface area (Å²) in [5, 5.41) is 9.78. The quantitative estimate of drug-likeness (QED) is 0.848. The van der Waals surface area contributed by atoms with E-state index >= 15 is 0 Å². The molecule has 20 heavy (non-hydrogen) atoms. The second kappa shape index (κ2) is 5.89. The molecule has 116 valence electrons. The second-order valence-corrected chi connectivity index (χ2v) is 5.88. The van der Waals surface area contributed by atoms with Crippen molar-refractivity contribution in [1.82, 2.24) is 9.80 Å². The molecule has 1 N–H and O–H groups in total. The molecule has 4 nitrogen and oxygen atoms in total. The van der Waals surface area contributed by atoms with Gasteiger partial charge >= 0.3 is 6.18 Å². The number of likely N-dealkylation sites (N-methyl/N-ethyl adjacent to an activating group) is 1. The number of rotatable bonds is 4. The van der Waals surface area contributed by atoms with E-state index in [9.17, 15) is 23.1 Å². The van der Waals surface area contributed by atoms with Crippen LogP contribution in [0.4, 0.5) is 13.2 Å². The lowest BCUT2D eigenvalue weighted by Gasteiger charge is -2.27. The fourth-order valence-electron chi connectivity index (χ4n) is 3.23. The number of hydrogen-bond acceptors (Lipinski definition) is 3. The highest BCUT2D eigenvalue weighted by molar-refractivity contribution is 5.84. The van der Waals surface area contributed by atoms with E-state index in [1.807, 2.05) is 0 Å². The Hall–Kier alpha value is -0.820. The van der Waals surface area contributed by atoms with Crippen LogP contribution in [0.5, 0.6) is 0 Å². The van der Waals surface area contributed by atoms with Gasteiger partial charge in [-0.2, -0.15) is 13.2 Å². The molecule has 1 heterocycles. The van der Waals surface area contributed by atoms with Crippen LogP contribution in [0.2, 0.25) is 0 Å². The van der Waals surface area contributed by atoms with Gasteiger partial charge in [0.2, 0.25) is 5.91 Å². The molecule has 1 aliphatic carbocycles. The molecule has 1 aliphatic heterocycles. The summed E-state index contributed by atoms with van der Waals surface area (Å²) in [5.74, 6) is -0.318. The Morgan fingerprint density at radius 2 is 2.05 bits per heavy atom. The van der Waals surface area contributed by atoms with Gasteiger partial charge in [-0.1, -0.05) is 6.42 Å². The second-order valence-electron chi connectivity index (χ2n) is 5.88. The van der Waals surface area contributed by atoms with Crippen LogP contribution >= 0.6 is 0 Å². The van der Waals surface area contributed by atoms with Crippen molar-refractivity contribution in [2.45, 2.75) is 44.0 Å². The van der Waals surface area contributed by atoms with Gasteiger partial charge in [0, 0.05) is 13.1 Å². The number of alkyl halides is 3. The molecule has 0 spiro atoms. The summed E-state index contributed by atoms with van der Waals surface area (Å²) in [5.41, 5.74) is 0. The van der Waals surface area contributed by atoms with Crippen molar-refractivity contribution in [2.75, 3.05) is 26.7 Å². The van der Waals surface area contributed by atoms with Gasteiger partial charge in [-0.25, -0.2) is 0 Å². The summed E-state index contributed by atoms with van der Waals surface area (Å²) in [6, 6.07) is -0.481. The maximum Gasteiger partial charge on any atom is 0.406 e. The molecule has 2 fully saturated rings. The lowest BCUT2D eigenvalue weighted by molar-refractivity contribution is -0.159. The third-order valence-corrected chi connectivity index (χ3v) is 4.31. The number of hydrogen-bond donors (Lipinski definition) is 1. The lowest BCUT2D eigenvalue weighted by atomic mass is 10.0. The average Bonchev–Trinajstić information content (AvgIpc) is 2.86. The number of carbonyl (C=O) groups excluding carboxylic acids is 1. The van der Waals surface area contributed by atoms with Crippen molar-refractivity contribution in [3.63, 3.8) is 0 Å². The van der Waals surface area contributed by atoms with Crippen molar-refractivity contribution >= 4 is 5.91 Å². The summed E-state index contributed by atoms with van der Waals surface area (Å²) >= 11 is 0. The number of carbonyl (C=O) groups is 1. The predicted octanol–water partition coefficient (Wildman–Crippen LogP) is 1.24. The Morgan fingerprint density at radius 3 is 2.60 bits per heavy atom. The zero-order valence-corrected chi connectivity index (χ0v) is 11.6. The van der Waals surface area contributed by atoms with Crippen LogP contribution in [0.25, 0.3) is 0 Å². The number of amides is 1. The van der Waals surface area contributed by atoms with E-state index in [4.69, 9.17) is 0 Å². The normalized spacial score (nSPS) is 31.6. The molecule has 0 bridgehead atoms. The highest BCUT2D eigenvalue weighted by Crippen LogP contribution is 2.28. The molecule has 1 saturated heterocycles. The van der Waals surface area contributed by atoms with Crippen LogP contribution in [0.15, 0.2) is 0 Å². The van der Waals surface area contributed by atoms with Crippen LogP contribution < -0.4 is 0 Å². The van der Waals surface area contributed by atoms with Crippen LogP contribution in [-0.2, 0) is 4.79 Å². The molecule has 3 unspecified atom stereocenters. The number of nitrogens with zero attached hydrogens (tertiary/aromatic N) is 2. The molecule has 2 aliphatic rings. The van der Waals surface area contributed by atoms with Gasteiger partial charge in [0.05, 0.1) is 12.1 Å². The van der Waals surface area contributed by atoms with Crippen molar-refractivity contribution in [2.24, 2.45) is 5.92 Å². The standard InChI is InChI=1S/C13H21F3N2O2/c1-17(7-9-3-2-4-11(9)19)10-5-6-18(12(10)20)8-13(14,15)16/h9-11,19H,2-8H2,1H3. The minimum Gasteiger partial charge on any atom is -0.393 e. The molecule has 7 heteroatoms. The van der Waals surface area contributed by atoms with E-state index in [1.54, 1.807) is 11.9 Å². The molecular weight excluding hydrogens is 273 g/mol. The first kappa shape index (κ1) is 15.6. The predicted molar refractivity (Wildman–Crippen MR) is 67.0 cm³/mol. The van der Waals surface area contributed by atoms with Gasteiger partial charge in [-0.15, -0.1) is 0 Å². The van der Waals surface area contributed by atoms with Crippen LogP contribution in [-0.4, -0.2) is 65.8 Å². The van der Waals surface area contributed by atoms with Gasteiger partial charge in [-0.05, 0) is 32.2 Å². The van der Waals surface area contributed by atoms with E-state index in [2.05, 4.69) is 0 Å². The molecular formula is C13H21F3N2O2. The number of aliphatic hydroxyl groups is 1. The molecule has 0 aromatic carbocycles. The fraction of sp³-hybridized carbons (Fsp3) is 0.923. The van der Waals surface area contributed by atoms with E-state index < -0.39 is 24.7 Å². The van der Waals surface area contributed by atoms with Crippen molar-refractivity contribution in [3.05, 3.63) is 0 Å². The van der Waals surface area contributed by atoms with Gasteiger partial charge in [0.15, 0.2) is 0 Å². The van der Waals surface area contributed by atoms with Crippen molar-refractivity contribution < 1.29 is 23.1 Å². The first-order valence-electron chi connectivity index (χ1n) is 7.02. The number of likely N-dealkylation sites (tertiary alicyclic amines) is 1. The van der Waals surface area contributed by atoms with Gasteiger partial charge in [0.25, 0.3) is 0 Å². The fourth-order valence-corrected chi connectivity index (χ4v) is 3.23. The van der Waals surface area contributed by atoms with Gasteiger partial charge < -0.3 is 10.0 Å². The molecule has 3 atom stereocenters. The molecule has 1 amide bonds. The van der Waals surface area contributed by atoms with Crippen LogP contribution in [0.1, 0.15) is 25.7 Å². The smallest absolute Gasteiger partial charge is 0.393 e.